The first-order valence-electron chi connectivity index (χ1n) is 8.31. The van der Waals surface area contributed by atoms with Crippen molar-refractivity contribution in [3.05, 3.63) is 28.8 Å². The lowest BCUT2D eigenvalue weighted by molar-refractivity contribution is -0.135. The lowest BCUT2D eigenvalue weighted by Crippen LogP contribution is -2.39. The number of rotatable bonds is 3. The van der Waals surface area contributed by atoms with Crippen LogP contribution in [0.2, 0.25) is 5.02 Å². The van der Waals surface area contributed by atoms with Gasteiger partial charge in [0, 0.05) is 23.8 Å². The number of anilines is 1. The topological polar surface area (TPSA) is 49.4 Å². The van der Waals surface area contributed by atoms with Crippen molar-refractivity contribution in [3.8, 4) is 0 Å². The van der Waals surface area contributed by atoms with Crippen LogP contribution in [0.4, 0.5) is 5.69 Å². The predicted octanol–water partition coefficient (Wildman–Crippen LogP) is 3.48. The minimum atomic E-state index is -0.183. The Morgan fingerprint density at radius 3 is 2.57 bits per heavy atom. The first-order valence-corrected chi connectivity index (χ1v) is 8.69. The second kappa shape index (κ2) is 6.52. The van der Waals surface area contributed by atoms with Crippen LogP contribution in [0.5, 0.6) is 0 Å². The zero-order chi connectivity index (χ0) is 16.6. The van der Waals surface area contributed by atoms with Gasteiger partial charge < -0.3 is 10.2 Å². The molecule has 2 fully saturated rings. The molecule has 2 atom stereocenters. The van der Waals surface area contributed by atoms with Gasteiger partial charge in [0.1, 0.15) is 0 Å². The van der Waals surface area contributed by atoms with E-state index in [0.29, 0.717) is 17.4 Å². The van der Waals surface area contributed by atoms with Gasteiger partial charge in [0.05, 0.1) is 11.8 Å². The third-order valence-electron chi connectivity index (χ3n) is 4.99. The van der Waals surface area contributed by atoms with Crippen LogP contribution >= 0.6 is 11.6 Å². The summed E-state index contributed by atoms with van der Waals surface area (Å²) >= 11 is 5.93. The number of hydrogen-bond acceptors (Lipinski definition) is 2. The fourth-order valence-electron chi connectivity index (χ4n) is 3.21. The number of hydrogen-bond donors (Lipinski definition) is 1. The van der Waals surface area contributed by atoms with Gasteiger partial charge in [-0.1, -0.05) is 18.5 Å². The number of piperidine rings is 1. The highest BCUT2D eigenvalue weighted by Crippen LogP contribution is 2.41. The highest BCUT2D eigenvalue weighted by molar-refractivity contribution is 6.30. The minimum absolute atomic E-state index is 0.0563. The molecule has 1 saturated carbocycles. The number of halogens is 1. The second-order valence-electron chi connectivity index (χ2n) is 6.90. The van der Waals surface area contributed by atoms with Gasteiger partial charge >= 0.3 is 0 Å². The molecule has 1 heterocycles. The molecule has 2 aliphatic rings. The van der Waals surface area contributed by atoms with E-state index in [-0.39, 0.29) is 23.7 Å². The van der Waals surface area contributed by atoms with Gasteiger partial charge in [-0.15, -0.1) is 0 Å². The fourth-order valence-corrected chi connectivity index (χ4v) is 3.44. The number of aryl methyl sites for hydroxylation is 1. The van der Waals surface area contributed by atoms with E-state index in [9.17, 15) is 9.59 Å². The summed E-state index contributed by atoms with van der Waals surface area (Å²) in [6.45, 7) is 5.80. The summed E-state index contributed by atoms with van der Waals surface area (Å²) < 4.78 is 0. The first-order chi connectivity index (χ1) is 11.0. The van der Waals surface area contributed by atoms with Gasteiger partial charge in [0.2, 0.25) is 11.8 Å². The summed E-state index contributed by atoms with van der Waals surface area (Å²) in [4.78, 5) is 26.8. The van der Waals surface area contributed by atoms with Crippen molar-refractivity contribution in [1.82, 2.24) is 4.90 Å². The maximum absolute atomic E-state index is 12.5. The molecular weight excluding hydrogens is 312 g/mol. The SMILES string of the molecule is Cc1cc(Cl)ccc1NC(=O)C1CC1C(=O)N1CCC(C)CC1. The van der Waals surface area contributed by atoms with Gasteiger partial charge in [-0.05, 0) is 55.9 Å². The molecule has 1 N–H and O–H groups in total. The number of benzene rings is 1. The van der Waals surface area contributed by atoms with Gasteiger partial charge in [-0.25, -0.2) is 0 Å². The Hall–Kier alpha value is -1.55. The predicted molar refractivity (Wildman–Crippen MR) is 91.4 cm³/mol. The first kappa shape index (κ1) is 16.3. The number of carbonyl (C=O) groups excluding carboxylic acids is 2. The normalized spacial score (nSPS) is 24.4. The Balaban J connectivity index is 1.55. The monoisotopic (exact) mass is 334 g/mol. The summed E-state index contributed by atoms with van der Waals surface area (Å²) in [6, 6.07) is 5.39. The maximum Gasteiger partial charge on any atom is 0.228 e. The quantitative estimate of drug-likeness (QED) is 0.920. The fraction of sp³-hybridized carbons (Fsp3) is 0.556. The van der Waals surface area contributed by atoms with E-state index in [1.165, 1.54) is 0 Å². The summed E-state index contributed by atoms with van der Waals surface area (Å²) in [5, 5.41) is 3.58. The van der Waals surface area contributed by atoms with E-state index in [1.54, 1.807) is 12.1 Å². The molecule has 1 saturated heterocycles. The molecule has 0 aromatic heterocycles. The molecule has 1 aliphatic carbocycles. The molecule has 4 nitrogen and oxygen atoms in total. The average molecular weight is 335 g/mol. The molecule has 1 aromatic carbocycles. The van der Waals surface area contributed by atoms with E-state index in [0.717, 1.165) is 37.2 Å². The van der Waals surface area contributed by atoms with E-state index < -0.39 is 0 Å². The van der Waals surface area contributed by atoms with Crippen molar-refractivity contribution >= 4 is 29.1 Å². The van der Waals surface area contributed by atoms with Gasteiger partial charge in [0.15, 0.2) is 0 Å². The summed E-state index contributed by atoms with van der Waals surface area (Å²) in [5.41, 5.74) is 1.70. The number of carbonyl (C=O) groups is 2. The van der Waals surface area contributed by atoms with Crippen molar-refractivity contribution in [3.63, 3.8) is 0 Å². The number of amides is 2. The lowest BCUT2D eigenvalue weighted by Gasteiger charge is -2.30. The van der Waals surface area contributed by atoms with Crippen LogP contribution in [-0.2, 0) is 9.59 Å². The Labute approximate surface area is 142 Å². The van der Waals surface area contributed by atoms with Crippen molar-refractivity contribution in [2.24, 2.45) is 17.8 Å². The molecule has 1 aliphatic heterocycles. The minimum Gasteiger partial charge on any atom is -0.342 e. The Kier molecular flexibility index (Phi) is 4.62. The molecule has 3 rings (SSSR count). The zero-order valence-electron chi connectivity index (χ0n) is 13.6. The van der Waals surface area contributed by atoms with Crippen molar-refractivity contribution < 1.29 is 9.59 Å². The van der Waals surface area contributed by atoms with Crippen LogP contribution in [0.3, 0.4) is 0 Å². The van der Waals surface area contributed by atoms with Crippen LogP contribution in [0.1, 0.15) is 31.7 Å². The molecule has 2 amide bonds. The number of nitrogens with one attached hydrogen (secondary N) is 1. The second-order valence-corrected chi connectivity index (χ2v) is 7.34. The standard InChI is InChI=1S/C18H23ClN2O2/c1-11-5-7-21(8-6-11)18(23)15-10-14(15)17(22)20-16-4-3-13(19)9-12(16)2/h3-4,9,11,14-15H,5-8,10H2,1-2H3,(H,20,22). The van der Waals surface area contributed by atoms with Crippen molar-refractivity contribution in [2.75, 3.05) is 18.4 Å². The summed E-state index contributed by atoms with van der Waals surface area (Å²) in [6.07, 6.45) is 2.81. The Morgan fingerprint density at radius 2 is 1.91 bits per heavy atom. The zero-order valence-corrected chi connectivity index (χ0v) is 14.4. The van der Waals surface area contributed by atoms with E-state index in [1.807, 2.05) is 17.9 Å². The van der Waals surface area contributed by atoms with Crippen molar-refractivity contribution in [2.45, 2.75) is 33.1 Å². The Morgan fingerprint density at radius 1 is 1.22 bits per heavy atom. The molecule has 2 unspecified atom stereocenters. The van der Waals surface area contributed by atoms with Crippen LogP contribution in [0, 0.1) is 24.7 Å². The maximum atomic E-state index is 12.5. The number of likely N-dealkylation sites (tertiary alicyclic amines) is 1. The molecule has 124 valence electrons. The van der Waals surface area contributed by atoms with Crippen LogP contribution in [0.15, 0.2) is 18.2 Å². The van der Waals surface area contributed by atoms with E-state index in [4.69, 9.17) is 11.6 Å². The molecule has 0 spiro atoms. The summed E-state index contributed by atoms with van der Waals surface area (Å²) in [7, 11) is 0. The summed E-state index contributed by atoms with van der Waals surface area (Å²) in [5.74, 6) is 0.488. The number of nitrogens with zero attached hydrogens (tertiary/aromatic N) is 1. The van der Waals surface area contributed by atoms with Crippen molar-refractivity contribution in [1.29, 1.82) is 0 Å². The average Bonchev–Trinajstić information content (AvgIpc) is 3.31. The Bertz CT molecular complexity index is 623. The van der Waals surface area contributed by atoms with Crippen LogP contribution < -0.4 is 5.32 Å². The van der Waals surface area contributed by atoms with Gasteiger partial charge in [0.25, 0.3) is 0 Å². The molecule has 0 bridgehead atoms. The third kappa shape index (κ3) is 3.69. The smallest absolute Gasteiger partial charge is 0.228 e. The molecule has 5 heteroatoms. The van der Waals surface area contributed by atoms with Crippen LogP contribution in [-0.4, -0.2) is 29.8 Å². The highest BCUT2D eigenvalue weighted by Gasteiger charge is 2.49. The molecular formula is C18H23ClN2O2. The molecule has 23 heavy (non-hydrogen) atoms. The largest absolute Gasteiger partial charge is 0.342 e. The van der Waals surface area contributed by atoms with Gasteiger partial charge in [-0.2, -0.15) is 0 Å². The van der Waals surface area contributed by atoms with E-state index in [2.05, 4.69) is 12.2 Å². The molecule has 1 aromatic rings. The highest BCUT2D eigenvalue weighted by atomic mass is 35.5. The molecule has 0 radical (unpaired) electrons. The van der Waals surface area contributed by atoms with E-state index >= 15 is 0 Å². The lowest BCUT2D eigenvalue weighted by atomic mass is 9.99. The van der Waals surface area contributed by atoms with Gasteiger partial charge in [-0.3, -0.25) is 9.59 Å². The third-order valence-corrected chi connectivity index (χ3v) is 5.22. The van der Waals surface area contributed by atoms with Crippen LogP contribution in [0.25, 0.3) is 0 Å².